The molecule has 1 fully saturated rings. The first-order valence-corrected chi connectivity index (χ1v) is 10.3. The van der Waals surface area contributed by atoms with Gasteiger partial charge in [-0.05, 0) is 31.9 Å². The van der Waals surface area contributed by atoms with Crippen LogP contribution in [0, 0.1) is 5.41 Å². The Morgan fingerprint density at radius 2 is 2.03 bits per heavy atom. The number of piperidine rings is 1. The molecule has 0 saturated carbocycles. The van der Waals surface area contributed by atoms with Crippen LogP contribution in [-0.2, 0) is 22.6 Å². The number of pyridine rings is 1. The molecule has 154 valence electrons. The smallest absolute Gasteiger partial charge is 0.315 e. The lowest BCUT2D eigenvalue weighted by Gasteiger charge is -2.46. The van der Waals surface area contributed by atoms with Crippen molar-refractivity contribution >= 4 is 5.97 Å². The average molecular weight is 396 g/mol. The zero-order valence-corrected chi connectivity index (χ0v) is 17.1. The summed E-state index contributed by atoms with van der Waals surface area (Å²) in [6.45, 7) is 6.82. The summed E-state index contributed by atoms with van der Waals surface area (Å²) in [5.41, 5.74) is 0.815. The summed E-state index contributed by atoms with van der Waals surface area (Å²) in [5.74, 6) is -0.0686. The highest BCUT2D eigenvalue weighted by molar-refractivity contribution is 5.78. The lowest BCUT2D eigenvalue weighted by Crippen LogP contribution is -2.57. The minimum atomic E-state index is -0.697. The molecule has 2 aliphatic rings. The maximum atomic E-state index is 13.3. The molecule has 2 N–H and O–H groups in total. The third kappa shape index (κ3) is 4.14. The molecule has 1 saturated heterocycles. The molecule has 2 aromatic rings. The van der Waals surface area contributed by atoms with Crippen LogP contribution in [0.25, 0.3) is 0 Å². The topological polar surface area (TPSA) is 72.4 Å². The van der Waals surface area contributed by atoms with Crippen molar-refractivity contribution in [2.45, 2.75) is 44.9 Å². The van der Waals surface area contributed by atoms with Crippen molar-refractivity contribution in [2.75, 3.05) is 19.6 Å². The number of carbonyl (C=O) groups excluding carboxylic acids is 1. The largest absolute Gasteiger partial charge is 0.458 e. The van der Waals surface area contributed by atoms with Crippen molar-refractivity contribution in [3.63, 3.8) is 0 Å². The molecule has 6 heteroatoms. The van der Waals surface area contributed by atoms with Crippen LogP contribution in [-0.4, -0.2) is 35.8 Å². The highest BCUT2D eigenvalue weighted by Crippen LogP contribution is 2.42. The number of hydrogen-bond donors (Lipinski definition) is 2. The molecule has 2 atom stereocenters. The molecule has 3 heterocycles. The number of aromatic nitrogens is 1. The summed E-state index contributed by atoms with van der Waals surface area (Å²) in [6.07, 6.45) is 0.718. The second-order valence-corrected chi connectivity index (χ2v) is 8.93. The van der Waals surface area contributed by atoms with E-state index in [1.54, 1.807) is 16.7 Å². The van der Waals surface area contributed by atoms with Crippen molar-refractivity contribution < 1.29 is 9.53 Å². The molecule has 6 nitrogen and oxygen atoms in total. The van der Waals surface area contributed by atoms with Gasteiger partial charge in [-0.3, -0.25) is 9.59 Å². The summed E-state index contributed by atoms with van der Waals surface area (Å²) in [6, 6.07) is 15.5. The predicted molar refractivity (Wildman–Crippen MR) is 112 cm³/mol. The van der Waals surface area contributed by atoms with Gasteiger partial charge in [0.1, 0.15) is 5.60 Å². The number of fused-ring (bicyclic) bond motifs is 4. The fraction of sp³-hybridized carbons (Fsp3) is 0.478. The maximum absolute atomic E-state index is 13.3. The van der Waals surface area contributed by atoms with Gasteiger partial charge in [0.15, 0.2) is 0 Å². The molecule has 0 spiro atoms. The highest BCUT2D eigenvalue weighted by Gasteiger charge is 2.50. The Morgan fingerprint density at radius 3 is 2.83 bits per heavy atom. The van der Waals surface area contributed by atoms with Gasteiger partial charge >= 0.3 is 5.97 Å². The van der Waals surface area contributed by atoms with Gasteiger partial charge < -0.3 is 19.9 Å². The van der Waals surface area contributed by atoms with E-state index in [-0.39, 0.29) is 17.4 Å². The predicted octanol–water partition coefficient (Wildman–Crippen LogP) is 2.04. The third-order valence-corrected chi connectivity index (χ3v) is 5.98. The van der Waals surface area contributed by atoms with Gasteiger partial charge in [-0.25, -0.2) is 0 Å². The Balaban J connectivity index is 1.44. The van der Waals surface area contributed by atoms with Crippen LogP contribution in [0.15, 0.2) is 53.3 Å². The molecule has 1 aromatic heterocycles. The van der Waals surface area contributed by atoms with Gasteiger partial charge in [-0.2, -0.15) is 0 Å². The third-order valence-electron chi connectivity index (χ3n) is 5.98. The second-order valence-electron chi connectivity index (χ2n) is 8.93. The van der Waals surface area contributed by atoms with Gasteiger partial charge in [0.05, 0.1) is 5.41 Å². The highest BCUT2D eigenvalue weighted by atomic mass is 16.6. The molecule has 0 unspecified atom stereocenters. The van der Waals surface area contributed by atoms with Gasteiger partial charge in [0, 0.05) is 50.4 Å². The summed E-state index contributed by atoms with van der Waals surface area (Å²) in [5, 5.41) is 6.77. The Kier molecular flexibility index (Phi) is 5.32. The van der Waals surface area contributed by atoms with Crippen molar-refractivity contribution in [2.24, 2.45) is 5.41 Å². The van der Waals surface area contributed by atoms with Crippen molar-refractivity contribution in [3.8, 4) is 0 Å². The first-order chi connectivity index (χ1) is 13.9. The molecule has 29 heavy (non-hydrogen) atoms. The van der Waals surface area contributed by atoms with Crippen LogP contribution >= 0.6 is 0 Å². The molecular formula is C23H29N3O3. The quantitative estimate of drug-likeness (QED) is 0.733. The Bertz CT molecular complexity index is 938. The van der Waals surface area contributed by atoms with Crippen LogP contribution in [0.1, 0.15) is 37.4 Å². The van der Waals surface area contributed by atoms with E-state index in [4.69, 9.17) is 4.74 Å². The number of nitrogens with one attached hydrogen (secondary N) is 2. The molecule has 0 amide bonds. The number of ether oxygens (including phenoxy) is 1. The SMILES string of the molecule is CC(C)(CNCc1ccccc1)OC(=O)[C@@]12CNC[C@@H](C1)c1cccc(=O)n1C2. The van der Waals surface area contributed by atoms with Crippen LogP contribution in [0.5, 0.6) is 0 Å². The van der Waals surface area contributed by atoms with Gasteiger partial charge in [-0.1, -0.05) is 36.4 Å². The van der Waals surface area contributed by atoms with Crippen molar-refractivity contribution in [1.29, 1.82) is 0 Å². The van der Waals surface area contributed by atoms with E-state index in [9.17, 15) is 9.59 Å². The minimum Gasteiger partial charge on any atom is -0.458 e. The lowest BCUT2D eigenvalue weighted by atomic mass is 9.72. The number of rotatable bonds is 6. The second kappa shape index (κ2) is 7.76. The van der Waals surface area contributed by atoms with E-state index in [2.05, 4.69) is 22.8 Å². The van der Waals surface area contributed by atoms with Crippen LogP contribution < -0.4 is 16.2 Å². The molecule has 0 aliphatic carbocycles. The number of carbonyl (C=O) groups is 1. The van der Waals surface area contributed by atoms with Crippen LogP contribution in [0.3, 0.4) is 0 Å². The standard InChI is InChI=1S/C23H29N3O3/c1-22(2,14-24-12-17-7-4-3-5-8-17)29-21(28)23-11-18(13-25-15-23)19-9-6-10-20(27)26(19)16-23/h3-10,18,24-25H,11-16H2,1-2H3/t18-,23-/m1/s1. The van der Waals surface area contributed by atoms with E-state index >= 15 is 0 Å². The monoisotopic (exact) mass is 395 g/mol. The first kappa shape index (κ1) is 19.9. The normalized spacial score (nSPS) is 23.3. The van der Waals surface area contributed by atoms with Crippen molar-refractivity contribution in [1.82, 2.24) is 15.2 Å². The van der Waals surface area contributed by atoms with Gasteiger partial charge in [-0.15, -0.1) is 0 Å². The van der Waals surface area contributed by atoms with Crippen LogP contribution in [0.4, 0.5) is 0 Å². The summed E-state index contributed by atoms with van der Waals surface area (Å²) in [7, 11) is 0. The molecular weight excluding hydrogens is 366 g/mol. The fourth-order valence-electron chi connectivity index (χ4n) is 4.51. The summed E-state index contributed by atoms with van der Waals surface area (Å²) < 4.78 is 7.75. The van der Waals surface area contributed by atoms with E-state index in [0.29, 0.717) is 19.6 Å². The van der Waals surface area contributed by atoms with Gasteiger partial charge in [0.25, 0.3) is 5.56 Å². The maximum Gasteiger partial charge on any atom is 0.315 e. The number of nitrogens with zero attached hydrogens (tertiary/aromatic N) is 1. The number of esters is 1. The lowest BCUT2D eigenvalue weighted by molar-refractivity contribution is -0.172. The summed E-state index contributed by atoms with van der Waals surface area (Å²) in [4.78, 5) is 25.7. The van der Waals surface area contributed by atoms with E-state index < -0.39 is 11.0 Å². The minimum absolute atomic E-state index is 0.0462. The number of benzene rings is 1. The molecule has 4 rings (SSSR count). The molecule has 2 bridgehead atoms. The number of hydrogen-bond acceptors (Lipinski definition) is 5. The zero-order chi connectivity index (χ0) is 20.5. The molecule has 2 aliphatic heterocycles. The average Bonchev–Trinajstić information content (AvgIpc) is 2.69. The molecule has 0 radical (unpaired) electrons. The Morgan fingerprint density at radius 1 is 1.24 bits per heavy atom. The van der Waals surface area contributed by atoms with E-state index in [1.807, 2.05) is 38.1 Å². The first-order valence-electron chi connectivity index (χ1n) is 10.3. The Hall–Kier alpha value is -2.44. The molecule has 1 aromatic carbocycles. The van der Waals surface area contributed by atoms with Crippen molar-refractivity contribution in [3.05, 3.63) is 70.1 Å². The fourth-order valence-corrected chi connectivity index (χ4v) is 4.51. The van der Waals surface area contributed by atoms with Crippen LogP contribution in [0.2, 0.25) is 0 Å². The Labute approximate surface area is 171 Å². The summed E-state index contributed by atoms with van der Waals surface area (Å²) >= 11 is 0. The van der Waals surface area contributed by atoms with Gasteiger partial charge in [0.2, 0.25) is 0 Å². The van der Waals surface area contributed by atoms with E-state index in [0.717, 1.165) is 25.2 Å². The zero-order valence-electron chi connectivity index (χ0n) is 17.1. The van der Waals surface area contributed by atoms with E-state index in [1.165, 1.54) is 5.56 Å².